The van der Waals surface area contributed by atoms with Crippen molar-refractivity contribution in [3.8, 4) is 0 Å². The number of pyridine rings is 1. The lowest BCUT2D eigenvalue weighted by molar-refractivity contribution is -0.137. The quantitative estimate of drug-likeness (QED) is 0.674. The molecule has 0 amide bonds. The Morgan fingerprint density at radius 3 is 2.08 bits per heavy atom. The van der Waals surface area contributed by atoms with Crippen LogP contribution in [-0.4, -0.2) is 4.98 Å². The van der Waals surface area contributed by atoms with E-state index in [4.69, 9.17) is 0 Å². The first-order valence-electron chi connectivity index (χ1n) is 3.76. The van der Waals surface area contributed by atoms with Crippen molar-refractivity contribution in [3.63, 3.8) is 0 Å². The van der Waals surface area contributed by atoms with Gasteiger partial charge < -0.3 is 4.98 Å². The van der Waals surface area contributed by atoms with Crippen molar-refractivity contribution in [2.75, 3.05) is 0 Å². The number of rotatable bonds is 0. The third kappa shape index (κ3) is 3.78. The zero-order valence-corrected chi connectivity index (χ0v) is 7.27. The first-order valence-corrected chi connectivity index (χ1v) is 3.76. The van der Waals surface area contributed by atoms with Gasteiger partial charge in [-0.3, -0.25) is 4.79 Å². The fourth-order valence-corrected chi connectivity index (χ4v) is 0.587. The molecule has 13 heavy (non-hydrogen) atoms. The third-order valence-electron chi connectivity index (χ3n) is 1.11. The molecule has 0 bridgehead atoms. The monoisotopic (exact) mass is 193 g/mol. The van der Waals surface area contributed by atoms with Gasteiger partial charge in [-0.05, 0) is 6.07 Å². The predicted molar refractivity (Wildman–Crippen MR) is 43.4 cm³/mol. The SMILES string of the molecule is CC.O=c1ccc(C(F)(F)F)c[nH]1. The molecule has 1 N–H and O–H groups in total. The molecule has 2 nitrogen and oxygen atoms in total. The summed E-state index contributed by atoms with van der Waals surface area (Å²) in [5.74, 6) is 0. The van der Waals surface area contributed by atoms with E-state index >= 15 is 0 Å². The molecule has 0 aromatic carbocycles. The van der Waals surface area contributed by atoms with Gasteiger partial charge >= 0.3 is 6.18 Å². The highest BCUT2D eigenvalue weighted by molar-refractivity contribution is 5.11. The van der Waals surface area contributed by atoms with E-state index in [9.17, 15) is 18.0 Å². The Morgan fingerprint density at radius 2 is 1.77 bits per heavy atom. The summed E-state index contributed by atoms with van der Waals surface area (Å²) in [5.41, 5.74) is -1.39. The molecule has 0 aliphatic carbocycles. The first-order chi connectivity index (χ1) is 6.00. The maximum Gasteiger partial charge on any atom is 0.417 e. The number of halogens is 3. The Balaban J connectivity index is 0.000000671. The fourth-order valence-electron chi connectivity index (χ4n) is 0.587. The van der Waals surface area contributed by atoms with Crippen molar-refractivity contribution in [1.29, 1.82) is 0 Å². The number of nitrogens with one attached hydrogen (secondary N) is 1. The Kier molecular flexibility index (Phi) is 4.23. The molecule has 0 radical (unpaired) electrons. The molecule has 1 heterocycles. The first kappa shape index (κ1) is 11.7. The van der Waals surface area contributed by atoms with Gasteiger partial charge in [0.05, 0.1) is 5.56 Å². The zero-order chi connectivity index (χ0) is 10.5. The minimum absolute atomic E-state index is 0.544. The van der Waals surface area contributed by atoms with E-state index in [1.165, 1.54) is 0 Å². The highest BCUT2D eigenvalue weighted by atomic mass is 19.4. The third-order valence-corrected chi connectivity index (χ3v) is 1.11. The Bertz CT molecular complexity index is 282. The van der Waals surface area contributed by atoms with Crippen LogP contribution in [0.4, 0.5) is 13.2 Å². The van der Waals surface area contributed by atoms with Crippen LogP contribution in [0.2, 0.25) is 0 Å². The van der Waals surface area contributed by atoms with Crippen LogP contribution in [0.25, 0.3) is 0 Å². The molecule has 1 aromatic heterocycles. The highest BCUT2D eigenvalue weighted by Gasteiger charge is 2.30. The standard InChI is InChI=1S/C6H4F3NO.C2H6/c7-6(8,9)4-1-2-5(11)10-3-4;1-2/h1-3H,(H,10,11);1-2H3. The van der Waals surface area contributed by atoms with Crippen LogP contribution in [0, 0.1) is 0 Å². The maximum absolute atomic E-state index is 11.8. The van der Waals surface area contributed by atoms with Crippen molar-refractivity contribution >= 4 is 0 Å². The molecule has 0 aliphatic heterocycles. The van der Waals surface area contributed by atoms with Gasteiger partial charge in [-0.1, -0.05) is 13.8 Å². The van der Waals surface area contributed by atoms with Gasteiger partial charge in [-0.15, -0.1) is 0 Å². The molecule has 1 rings (SSSR count). The number of H-pyrrole nitrogens is 1. The molecule has 0 spiro atoms. The number of aromatic amines is 1. The summed E-state index contributed by atoms with van der Waals surface area (Å²) in [6, 6.07) is 1.57. The molecule has 1 aromatic rings. The van der Waals surface area contributed by atoms with Crippen molar-refractivity contribution < 1.29 is 13.2 Å². The number of hydrogen-bond donors (Lipinski definition) is 1. The van der Waals surface area contributed by atoms with Crippen molar-refractivity contribution in [1.82, 2.24) is 4.98 Å². The van der Waals surface area contributed by atoms with Crippen LogP contribution in [-0.2, 0) is 6.18 Å². The average Bonchev–Trinajstić information content (AvgIpc) is 2.07. The van der Waals surface area contributed by atoms with Gasteiger partial charge in [0.2, 0.25) is 5.56 Å². The van der Waals surface area contributed by atoms with Crippen LogP contribution >= 0.6 is 0 Å². The van der Waals surface area contributed by atoms with Gasteiger partial charge in [0, 0.05) is 12.3 Å². The fraction of sp³-hybridized carbons (Fsp3) is 0.375. The Hall–Kier alpha value is -1.26. The van der Waals surface area contributed by atoms with E-state index < -0.39 is 17.3 Å². The molecule has 0 unspecified atom stereocenters. The molecule has 0 atom stereocenters. The van der Waals surface area contributed by atoms with Crippen LogP contribution in [0.15, 0.2) is 23.1 Å². The largest absolute Gasteiger partial charge is 0.417 e. The maximum atomic E-state index is 11.8. The summed E-state index contributed by atoms with van der Waals surface area (Å²) < 4.78 is 35.4. The van der Waals surface area contributed by atoms with Crippen molar-refractivity contribution in [3.05, 3.63) is 34.2 Å². The van der Waals surface area contributed by atoms with E-state index in [2.05, 4.69) is 0 Å². The topological polar surface area (TPSA) is 32.9 Å². The normalized spacial score (nSPS) is 10.2. The molecule has 0 aliphatic rings. The molecule has 0 fully saturated rings. The summed E-state index contributed by atoms with van der Waals surface area (Å²) in [6.45, 7) is 4.00. The number of alkyl halides is 3. The summed E-state index contributed by atoms with van der Waals surface area (Å²) in [6.07, 6.45) is -3.74. The second kappa shape index (κ2) is 4.69. The Labute approximate surface area is 73.4 Å². The number of aromatic nitrogens is 1. The summed E-state index contributed by atoms with van der Waals surface area (Å²) in [7, 11) is 0. The summed E-state index contributed by atoms with van der Waals surface area (Å²) in [4.78, 5) is 12.3. The van der Waals surface area contributed by atoms with E-state index in [-0.39, 0.29) is 0 Å². The Morgan fingerprint density at radius 1 is 1.23 bits per heavy atom. The predicted octanol–water partition coefficient (Wildman–Crippen LogP) is 2.42. The lowest BCUT2D eigenvalue weighted by atomic mass is 10.3. The van der Waals surface area contributed by atoms with Crippen LogP contribution in [0.1, 0.15) is 19.4 Å². The average molecular weight is 193 g/mol. The van der Waals surface area contributed by atoms with Crippen LogP contribution in [0.3, 0.4) is 0 Å². The molecule has 0 saturated carbocycles. The van der Waals surface area contributed by atoms with Crippen LogP contribution < -0.4 is 5.56 Å². The van der Waals surface area contributed by atoms with Gasteiger partial charge in [0.1, 0.15) is 0 Å². The lowest BCUT2D eigenvalue weighted by Gasteiger charge is -2.03. The lowest BCUT2D eigenvalue weighted by Crippen LogP contribution is -2.10. The van der Waals surface area contributed by atoms with E-state index in [1.807, 2.05) is 18.8 Å². The van der Waals surface area contributed by atoms with Gasteiger partial charge in [-0.25, -0.2) is 0 Å². The zero-order valence-electron chi connectivity index (χ0n) is 7.27. The highest BCUT2D eigenvalue weighted by Crippen LogP contribution is 2.27. The molecule has 74 valence electrons. The van der Waals surface area contributed by atoms with Crippen LogP contribution in [0.5, 0.6) is 0 Å². The van der Waals surface area contributed by atoms with Crippen molar-refractivity contribution in [2.24, 2.45) is 0 Å². The van der Waals surface area contributed by atoms with E-state index in [0.29, 0.717) is 6.20 Å². The second-order valence-electron chi connectivity index (χ2n) is 1.94. The summed E-state index contributed by atoms with van der Waals surface area (Å²) >= 11 is 0. The minimum Gasteiger partial charge on any atom is -0.329 e. The van der Waals surface area contributed by atoms with E-state index in [1.54, 1.807) is 0 Å². The molecule has 0 saturated heterocycles. The van der Waals surface area contributed by atoms with Gasteiger partial charge in [0.25, 0.3) is 0 Å². The van der Waals surface area contributed by atoms with Gasteiger partial charge in [-0.2, -0.15) is 13.2 Å². The van der Waals surface area contributed by atoms with E-state index in [0.717, 1.165) is 12.1 Å². The summed E-state index contributed by atoms with van der Waals surface area (Å²) in [5, 5.41) is 0. The van der Waals surface area contributed by atoms with Crippen molar-refractivity contribution in [2.45, 2.75) is 20.0 Å². The second-order valence-corrected chi connectivity index (χ2v) is 1.94. The minimum atomic E-state index is -4.38. The molecular weight excluding hydrogens is 183 g/mol. The smallest absolute Gasteiger partial charge is 0.329 e. The van der Waals surface area contributed by atoms with Gasteiger partial charge in [0.15, 0.2) is 0 Å². The molecular formula is C8H10F3NO. The number of hydrogen-bond acceptors (Lipinski definition) is 1. The molecule has 5 heteroatoms.